The molecule has 0 amide bonds. The number of ether oxygens (including phenoxy) is 11. The first-order valence-corrected chi connectivity index (χ1v) is 20.1. The third kappa shape index (κ3) is 13.9. The number of nitrogens with zero attached hydrogens (tertiary/aromatic N) is 1. The lowest BCUT2D eigenvalue weighted by molar-refractivity contribution is -0.0189. The fraction of sp³-hybridized carbons (Fsp3) is 0.545. The van der Waals surface area contributed by atoms with E-state index in [0.717, 1.165) is 31.6 Å². The van der Waals surface area contributed by atoms with E-state index in [1.54, 1.807) is 0 Å². The molecule has 2 aliphatic rings. The summed E-state index contributed by atoms with van der Waals surface area (Å²) in [6.45, 7) is 12.6. The van der Waals surface area contributed by atoms with Gasteiger partial charge in [-0.05, 0) is 56.8 Å². The molecule has 0 aromatic heterocycles. The van der Waals surface area contributed by atoms with Crippen molar-refractivity contribution in [2.45, 2.75) is 13.0 Å². The van der Waals surface area contributed by atoms with E-state index in [0.29, 0.717) is 144 Å². The van der Waals surface area contributed by atoms with Gasteiger partial charge in [-0.15, -0.1) is 0 Å². The molecule has 12 heteroatoms. The standard InChI is InChI=1S/C44H59NO11/c1-3-7-39-37(5-1)41(33-36-9-10-43-44(34-36)56-32-30-54-28-26-52-24-23-51-25-27-53-29-31-55-43)38-6-2-4-8-40(38)42(39)35-45-11-13-46-15-17-48-19-21-50-22-20-49-18-16-47-14-12-45/h1-10,34H,11-33,35H2. The minimum Gasteiger partial charge on any atom is -0.487 e. The SMILES string of the molecule is c1ccc2c(CN3CCOCCOCCOCCOCCOCC3)c3ccccc3c(Cc3ccc4c(c3)OCCOCCOCCOCCOCCO4)c2c1. The molecule has 12 nitrogen and oxygen atoms in total. The molecule has 56 heavy (non-hydrogen) atoms. The van der Waals surface area contributed by atoms with E-state index in [-0.39, 0.29) is 0 Å². The van der Waals surface area contributed by atoms with E-state index in [2.05, 4.69) is 65.6 Å². The van der Waals surface area contributed by atoms with Gasteiger partial charge in [0.1, 0.15) is 13.2 Å². The van der Waals surface area contributed by atoms with E-state index < -0.39 is 0 Å². The third-order valence-corrected chi connectivity index (χ3v) is 9.60. The van der Waals surface area contributed by atoms with Gasteiger partial charge in [-0.2, -0.15) is 0 Å². The molecular weight excluding hydrogens is 718 g/mol. The molecule has 6 rings (SSSR count). The van der Waals surface area contributed by atoms with E-state index in [9.17, 15) is 0 Å². The minimum absolute atomic E-state index is 0.392. The molecule has 0 N–H and O–H groups in total. The molecule has 0 radical (unpaired) electrons. The summed E-state index contributed by atoms with van der Waals surface area (Å²) in [6.07, 6.45) is 0.719. The fourth-order valence-corrected chi connectivity index (χ4v) is 6.81. The molecule has 0 unspecified atom stereocenters. The molecule has 0 aliphatic carbocycles. The van der Waals surface area contributed by atoms with Crippen molar-refractivity contribution in [2.75, 3.05) is 145 Å². The number of hydrogen-bond donors (Lipinski definition) is 0. The van der Waals surface area contributed by atoms with Gasteiger partial charge in [-0.25, -0.2) is 0 Å². The largest absolute Gasteiger partial charge is 0.487 e. The molecule has 306 valence electrons. The first-order chi connectivity index (χ1) is 27.9. The maximum Gasteiger partial charge on any atom is 0.161 e. The van der Waals surface area contributed by atoms with Gasteiger partial charge in [-0.3, -0.25) is 4.90 Å². The number of hydrogen-bond acceptors (Lipinski definition) is 12. The van der Waals surface area contributed by atoms with Gasteiger partial charge in [0.05, 0.1) is 119 Å². The van der Waals surface area contributed by atoms with Crippen LogP contribution < -0.4 is 9.47 Å². The molecule has 1 fully saturated rings. The second-order valence-electron chi connectivity index (χ2n) is 13.5. The van der Waals surface area contributed by atoms with Gasteiger partial charge in [0.25, 0.3) is 0 Å². The Labute approximate surface area is 331 Å². The maximum atomic E-state index is 6.28. The van der Waals surface area contributed by atoms with E-state index in [1.807, 2.05) is 6.07 Å². The second kappa shape index (κ2) is 25.1. The molecule has 4 aromatic carbocycles. The van der Waals surface area contributed by atoms with Crippen molar-refractivity contribution < 1.29 is 52.1 Å². The van der Waals surface area contributed by atoms with Crippen molar-refractivity contribution in [3.8, 4) is 11.5 Å². The van der Waals surface area contributed by atoms with Crippen molar-refractivity contribution in [2.24, 2.45) is 0 Å². The highest BCUT2D eigenvalue weighted by molar-refractivity contribution is 6.06. The van der Waals surface area contributed by atoms with Gasteiger partial charge >= 0.3 is 0 Å². The predicted octanol–water partition coefficient (Wildman–Crippen LogP) is 5.32. The summed E-state index contributed by atoms with van der Waals surface area (Å²) >= 11 is 0. The molecule has 0 bridgehead atoms. The van der Waals surface area contributed by atoms with Crippen molar-refractivity contribution in [1.29, 1.82) is 0 Å². The van der Waals surface area contributed by atoms with Crippen LogP contribution in [0.1, 0.15) is 16.7 Å². The van der Waals surface area contributed by atoms with Crippen LogP contribution >= 0.6 is 0 Å². The molecule has 0 saturated carbocycles. The summed E-state index contributed by atoms with van der Waals surface area (Å²) in [5.74, 6) is 1.37. The summed E-state index contributed by atoms with van der Waals surface area (Å²) < 4.78 is 64.0. The monoisotopic (exact) mass is 777 g/mol. The molecule has 4 aromatic rings. The zero-order valence-corrected chi connectivity index (χ0v) is 32.8. The van der Waals surface area contributed by atoms with Crippen molar-refractivity contribution >= 4 is 21.5 Å². The summed E-state index contributed by atoms with van der Waals surface area (Å²) in [7, 11) is 0. The van der Waals surface area contributed by atoms with E-state index >= 15 is 0 Å². The first kappa shape index (κ1) is 42.2. The highest BCUT2D eigenvalue weighted by Gasteiger charge is 2.18. The lowest BCUT2D eigenvalue weighted by Gasteiger charge is -2.25. The fourth-order valence-electron chi connectivity index (χ4n) is 6.81. The number of fused-ring (bicyclic) bond motifs is 3. The van der Waals surface area contributed by atoms with Crippen LogP contribution in [0.15, 0.2) is 66.7 Å². The Bertz CT molecular complexity index is 1630. The van der Waals surface area contributed by atoms with Crippen molar-refractivity contribution in [3.63, 3.8) is 0 Å². The van der Waals surface area contributed by atoms with Crippen LogP contribution in [-0.2, 0) is 55.6 Å². The average Bonchev–Trinajstić information content (AvgIpc) is 3.22. The topological polar surface area (TPSA) is 105 Å². The molecule has 1 saturated heterocycles. The average molecular weight is 778 g/mol. The zero-order chi connectivity index (χ0) is 38.3. The van der Waals surface area contributed by atoms with Crippen LogP contribution in [0.5, 0.6) is 11.5 Å². The number of benzene rings is 4. The van der Waals surface area contributed by atoms with Crippen molar-refractivity contribution in [1.82, 2.24) is 4.90 Å². The molecule has 0 spiro atoms. The van der Waals surface area contributed by atoms with Gasteiger partial charge in [0.15, 0.2) is 11.5 Å². The van der Waals surface area contributed by atoms with Crippen LogP contribution in [0.4, 0.5) is 0 Å². The Kier molecular flexibility index (Phi) is 18.9. The van der Waals surface area contributed by atoms with Crippen molar-refractivity contribution in [3.05, 3.63) is 83.4 Å². The predicted molar refractivity (Wildman–Crippen MR) is 214 cm³/mol. The van der Waals surface area contributed by atoms with Crippen LogP contribution in [0, 0.1) is 0 Å². The summed E-state index contributed by atoms with van der Waals surface area (Å²) in [5.41, 5.74) is 3.70. The summed E-state index contributed by atoms with van der Waals surface area (Å²) in [5, 5.41) is 4.96. The molecule has 0 atom stereocenters. The van der Waals surface area contributed by atoms with Crippen LogP contribution in [0.25, 0.3) is 21.5 Å². The Morgan fingerprint density at radius 1 is 0.357 bits per heavy atom. The Morgan fingerprint density at radius 2 is 0.714 bits per heavy atom. The van der Waals surface area contributed by atoms with Gasteiger partial charge in [-0.1, -0.05) is 54.6 Å². The third-order valence-electron chi connectivity index (χ3n) is 9.60. The highest BCUT2D eigenvalue weighted by atomic mass is 16.6. The normalized spacial score (nSPS) is 19.7. The lowest BCUT2D eigenvalue weighted by atomic mass is 9.88. The lowest BCUT2D eigenvalue weighted by Crippen LogP contribution is -2.31. The quantitative estimate of drug-likeness (QED) is 0.251. The maximum absolute atomic E-state index is 6.28. The zero-order valence-electron chi connectivity index (χ0n) is 32.8. The van der Waals surface area contributed by atoms with Gasteiger partial charge in [0, 0.05) is 19.6 Å². The van der Waals surface area contributed by atoms with E-state index in [1.165, 1.54) is 32.7 Å². The van der Waals surface area contributed by atoms with Crippen LogP contribution in [0.3, 0.4) is 0 Å². The summed E-state index contributed by atoms with van der Waals surface area (Å²) in [4.78, 5) is 2.43. The molecular formula is C44H59NO11. The molecule has 2 aliphatic heterocycles. The minimum atomic E-state index is 0.392. The van der Waals surface area contributed by atoms with Gasteiger partial charge in [0.2, 0.25) is 0 Å². The number of rotatable bonds is 4. The first-order valence-electron chi connectivity index (χ1n) is 20.1. The van der Waals surface area contributed by atoms with Crippen LogP contribution in [0.2, 0.25) is 0 Å². The Balaban J connectivity index is 1.21. The Morgan fingerprint density at radius 3 is 1.14 bits per heavy atom. The highest BCUT2D eigenvalue weighted by Crippen LogP contribution is 2.37. The van der Waals surface area contributed by atoms with Crippen LogP contribution in [-0.4, -0.2) is 150 Å². The summed E-state index contributed by atoms with van der Waals surface area (Å²) in [6, 6.07) is 23.8. The smallest absolute Gasteiger partial charge is 0.161 e. The van der Waals surface area contributed by atoms with Gasteiger partial charge < -0.3 is 52.1 Å². The second-order valence-corrected chi connectivity index (χ2v) is 13.5. The molecule has 2 heterocycles. The Hall–Kier alpha value is -3.40. The van der Waals surface area contributed by atoms with E-state index in [4.69, 9.17) is 52.1 Å².